The molecule has 35 heavy (non-hydrogen) atoms. The van der Waals surface area contributed by atoms with E-state index in [1.54, 1.807) is 6.07 Å². The Bertz CT molecular complexity index is 1290. The van der Waals surface area contributed by atoms with Crippen LogP contribution < -0.4 is 25.9 Å². The Labute approximate surface area is 202 Å². The van der Waals surface area contributed by atoms with Gasteiger partial charge in [-0.15, -0.1) is 0 Å². The van der Waals surface area contributed by atoms with Crippen LogP contribution >= 0.6 is 0 Å². The molecule has 12 nitrogen and oxygen atoms in total. The van der Waals surface area contributed by atoms with Crippen LogP contribution in [0.25, 0.3) is 0 Å². The summed E-state index contributed by atoms with van der Waals surface area (Å²) in [5, 5.41) is 17.6. The van der Waals surface area contributed by atoms with Gasteiger partial charge in [-0.25, -0.2) is 4.98 Å². The van der Waals surface area contributed by atoms with Gasteiger partial charge in [0.15, 0.2) is 5.75 Å². The highest BCUT2D eigenvalue weighted by Gasteiger charge is 2.42. The van der Waals surface area contributed by atoms with Crippen molar-refractivity contribution in [3.8, 4) is 11.8 Å². The Balaban J connectivity index is 1.60. The number of carbonyl (C=O) groups excluding carboxylic acids is 2. The standard InChI is InChI=1S/C22H25N7O5S/c1-35(32,33)34-17-7-6-14(10-16(17)27-18(30)8-9-23)26-22-25-11-15(20(24)31)21(29-22)28-19(12-2-3-12)13-4-5-13/h6-7,10-13,19H,2-5,8H2,1H3,(H2,24,31)(H,27,30)(H2,25,26,28,29). The summed E-state index contributed by atoms with van der Waals surface area (Å²) in [5.41, 5.74) is 6.15. The minimum Gasteiger partial charge on any atom is -0.380 e. The van der Waals surface area contributed by atoms with Gasteiger partial charge in [0.05, 0.1) is 23.6 Å². The molecule has 1 heterocycles. The van der Waals surface area contributed by atoms with E-state index in [2.05, 4.69) is 25.9 Å². The van der Waals surface area contributed by atoms with Crippen molar-refractivity contribution in [2.45, 2.75) is 38.1 Å². The molecule has 184 valence electrons. The highest BCUT2D eigenvalue weighted by molar-refractivity contribution is 7.86. The van der Waals surface area contributed by atoms with Crippen LogP contribution in [0, 0.1) is 23.2 Å². The molecule has 0 saturated heterocycles. The van der Waals surface area contributed by atoms with Gasteiger partial charge in [-0.2, -0.15) is 18.7 Å². The molecule has 2 aliphatic rings. The molecule has 2 fully saturated rings. The SMILES string of the molecule is CS(=O)(=O)Oc1ccc(Nc2ncc(C(N)=O)c(NC(C3CC3)C3CC3)n2)cc1NC(=O)CC#N. The van der Waals surface area contributed by atoms with Crippen molar-refractivity contribution in [1.29, 1.82) is 5.26 Å². The molecule has 0 atom stereocenters. The summed E-state index contributed by atoms with van der Waals surface area (Å²) in [6, 6.07) is 6.22. The normalized spacial score (nSPS) is 15.2. The molecule has 2 aromatic rings. The van der Waals surface area contributed by atoms with Crippen molar-refractivity contribution in [3.05, 3.63) is 30.0 Å². The van der Waals surface area contributed by atoms with Gasteiger partial charge in [0.1, 0.15) is 12.2 Å². The van der Waals surface area contributed by atoms with Crippen molar-refractivity contribution in [1.82, 2.24) is 9.97 Å². The average Bonchev–Trinajstić information content (AvgIpc) is 3.67. The van der Waals surface area contributed by atoms with Gasteiger partial charge >= 0.3 is 10.1 Å². The van der Waals surface area contributed by atoms with E-state index in [9.17, 15) is 18.0 Å². The number of amides is 2. The first-order valence-electron chi connectivity index (χ1n) is 11.0. The van der Waals surface area contributed by atoms with E-state index in [0.717, 1.165) is 31.9 Å². The molecule has 4 rings (SSSR count). The molecule has 2 saturated carbocycles. The molecule has 0 spiro atoms. The van der Waals surface area contributed by atoms with Crippen LogP contribution in [-0.2, 0) is 14.9 Å². The van der Waals surface area contributed by atoms with Gasteiger partial charge in [0.25, 0.3) is 5.91 Å². The van der Waals surface area contributed by atoms with Crippen molar-refractivity contribution in [2.24, 2.45) is 17.6 Å². The number of nitrogens with zero attached hydrogens (tertiary/aromatic N) is 3. The van der Waals surface area contributed by atoms with Gasteiger partial charge in [0.2, 0.25) is 11.9 Å². The quantitative estimate of drug-likeness (QED) is 0.333. The maximum absolute atomic E-state index is 12.0. The zero-order chi connectivity index (χ0) is 25.2. The Kier molecular flexibility index (Phi) is 6.74. The Morgan fingerprint density at radius 2 is 1.94 bits per heavy atom. The number of hydrogen-bond acceptors (Lipinski definition) is 10. The summed E-state index contributed by atoms with van der Waals surface area (Å²) >= 11 is 0. The van der Waals surface area contributed by atoms with Gasteiger partial charge in [0, 0.05) is 17.9 Å². The molecule has 5 N–H and O–H groups in total. The predicted molar refractivity (Wildman–Crippen MR) is 127 cm³/mol. The summed E-state index contributed by atoms with van der Waals surface area (Å²) in [5.74, 6) is 0.214. The molecule has 1 aromatic heterocycles. The second-order valence-electron chi connectivity index (χ2n) is 8.67. The first-order valence-corrected chi connectivity index (χ1v) is 12.9. The van der Waals surface area contributed by atoms with Gasteiger partial charge in [-0.1, -0.05) is 0 Å². The third-order valence-electron chi connectivity index (χ3n) is 5.61. The topological polar surface area (TPSA) is 189 Å². The van der Waals surface area contributed by atoms with E-state index in [-0.39, 0.29) is 29.0 Å². The molecule has 13 heteroatoms. The van der Waals surface area contributed by atoms with Crippen LogP contribution in [0.5, 0.6) is 5.75 Å². The minimum absolute atomic E-state index is 0.0373. The molecule has 0 aliphatic heterocycles. The fourth-order valence-corrected chi connectivity index (χ4v) is 4.23. The van der Waals surface area contributed by atoms with Crippen LogP contribution in [0.1, 0.15) is 42.5 Å². The van der Waals surface area contributed by atoms with Crippen molar-refractivity contribution < 1.29 is 22.2 Å². The van der Waals surface area contributed by atoms with Crippen molar-refractivity contribution in [2.75, 3.05) is 22.2 Å². The molecule has 2 aliphatic carbocycles. The van der Waals surface area contributed by atoms with Gasteiger partial charge in [-0.05, 0) is 55.7 Å². The third-order valence-corrected chi connectivity index (χ3v) is 6.09. The summed E-state index contributed by atoms with van der Waals surface area (Å²) in [4.78, 5) is 32.5. The number of nitriles is 1. The van der Waals surface area contributed by atoms with Crippen LogP contribution in [0.4, 0.5) is 23.1 Å². The van der Waals surface area contributed by atoms with E-state index in [1.807, 2.05) is 0 Å². The van der Waals surface area contributed by atoms with Crippen molar-refractivity contribution >= 4 is 45.1 Å². The lowest BCUT2D eigenvalue weighted by molar-refractivity contribution is -0.115. The first kappa shape index (κ1) is 24.2. The molecule has 0 radical (unpaired) electrons. The highest BCUT2D eigenvalue weighted by atomic mass is 32.2. The number of nitrogens with one attached hydrogen (secondary N) is 3. The molecular weight excluding hydrogens is 474 g/mol. The van der Waals surface area contributed by atoms with Crippen LogP contribution in [0.15, 0.2) is 24.4 Å². The number of carbonyl (C=O) groups is 2. The zero-order valence-electron chi connectivity index (χ0n) is 18.9. The smallest absolute Gasteiger partial charge is 0.306 e. The second-order valence-corrected chi connectivity index (χ2v) is 10.2. The van der Waals surface area contributed by atoms with E-state index in [4.69, 9.17) is 15.2 Å². The van der Waals surface area contributed by atoms with Gasteiger partial charge < -0.3 is 25.9 Å². The Morgan fingerprint density at radius 1 is 1.26 bits per heavy atom. The lowest BCUT2D eigenvalue weighted by Crippen LogP contribution is -2.27. The number of hydrogen-bond donors (Lipinski definition) is 4. The predicted octanol–water partition coefficient (Wildman–Crippen LogP) is 2.11. The summed E-state index contributed by atoms with van der Waals surface area (Å²) in [6.07, 6.45) is 6.34. The molecular formula is C22H25N7O5S. The third kappa shape index (κ3) is 6.57. The lowest BCUT2D eigenvalue weighted by Gasteiger charge is -2.20. The van der Waals surface area contributed by atoms with Crippen LogP contribution in [0.2, 0.25) is 0 Å². The molecule has 0 bridgehead atoms. The summed E-state index contributed by atoms with van der Waals surface area (Å²) in [7, 11) is -3.87. The summed E-state index contributed by atoms with van der Waals surface area (Å²) < 4.78 is 28.1. The monoisotopic (exact) mass is 499 g/mol. The van der Waals surface area contributed by atoms with E-state index >= 15 is 0 Å². The number of nitrogens with two attached hydrogens (primary N) is 1. The van der Waals surface area contributed by atoms with Crippen LogP contribution in [-0.4, -0.2) is 42.5 Å². The fraction of sp³-hybridized carbons (Fsp3) is 0.409. The Hall–Kier alpha value is -3.92. The molecule has 0 unspecified atom stereocenters. The molecule has 1 aromatic carbocycles. The number of rotatable bonds is 11. The van der Waals surface area contributed by atoms with E-state index in [0.29, 0.717) is 23.3 Å². The second kappa shape index (κ2) is 9.75. The van der Waals surface area contributed by atoms with Crippen LogP contribution in [0.3, 0.4) is 0 Å². The first-order chi connectivity index (χ1) is 16.6. The maximum Gasteiger partial charge on any atom is 0.306 e. The summed E-state index contributed by atoms with van der Waals surface area (Å²) in [6.45, 7) is 0. The van der Waals surface area contributed by atoms with E-state index in [1.165, 1.54) is 24.4 Å². The highest BCUT2D eigenvalue weighted by Crippen LogP contribution is 2.46. The number of benzene rings is 1. The fourth-order valence-electron chi connectivity index (χ4n) is 3.76. The van der Waals surface area contributed by atoms with Crippen molar-refractivity contribution in [3.63, 3.8) is 0 Å². The molecule has 2 amide bonds. The Morgan fingerprint density at radius 3 is 2.51 bits per heavy atom. The average molecular weight is 500 g/mol. The minimum atomic E-state index is -3.87. The maximum atomic E-state index is 12.0. The zero-order valence-corrected chi connectivity index (χ0v) is 19.8. The number of anilines is 4. The number of aromatic nitrogens is 2. The lowest BCUT2D eigenvalue weighted by atomic mass is 10.1. The van der Waals surface area contributed by atoms with E-state index < -0.39 is 28.4 Å². The number of primary amides is 1. The van der Waals surface area contributed by atoms with Gasteiger partial charge in [-0.3, -0.25) is 9.59 Å². The largest absolute Gasteiger partial charge is 0.380 e.